The fraction of sp³-hybridized carbons (Fsp3) is 0.312. The average molecular weight is 292 g/mol. The van der Waals surface area contributed by atoms with Crippen LogP contribution in [0.15, 0.2) is 36.6 Å². The average Bonchev–Trinajstić information content (AvgIpc) is 2.46. The van der Waals surface area contributed by atoms with E-state index in [1.54, 1.807) is 12.2 Å². The van der Waals surface area contributed by atoms with Crippen molar-refractivity contribution in [2.75, 3.05) is 0 Å². The number of hydrogen-bond donors (Lipinski definition) is 3. The van der Waals surface area contributed by atoms with Crippen LogP contribution in [0.1, 0.15) is 43.0 Å². The molecule has 0 atom stereocenters. The quantitative estimate of drug-likeness (QED) is 0.235. The summed E-state index contributed by atoms with van der Waals surface area (Å²) in [7, 11) is 0. The molecule has 1 aromatic carbocycles. The number of unbranched alkanes of at least 4 members (excludes halogenated alkanes) is 3. The largest absolute Gasteiger partial charge is 0.504 e. The molecule has 0 spiro atoms. The summed E-state index contributed by atoms with van der Waals surface area (Å²) >= 11 is 0. The summed E-state index contributed by atoms with van der Waals surface area (Å²) in [5.41, 5.74) is -0.0561. The smallest absolute Gasteiger partial charge is 0.343 e. The second-order valence-electron chi connectivity index (χ2n) is 4.52. The third-order valence-corrected chi connectivity index (χ3v) is 2.78. The highest BCUT2D eigenvalue weighted by Gasteiger charge is 2.13. The lowest BCUT2D eigenvalue weighted by molar-refractivity contribution is 0.0662. The van der Waals surface area contributed by atoms with Gasteiger partial charge in [0.1, 0.15) is 0 Å². The Morgan fingerprint density at radius 1 is 1.14 bits per heavy atom. The molecule has 1 aromatic rings. The maximum absolute atomic E-state index is 11.6. The van der Waals surface area contributed by atoms with Crippen LogP contribution >= 0.6 is 0 Å². The first-order chi connectivity index (χ1) is 10.1. The van der Waals surface area contributed by atoms with E-state index in [2.05, 4.69) is 6.92 Å². The number of ether oxygens (including phenoxy) is 1. The molecule has 1 rings (SSSR count). The van der Waals surface area contributed by atoms with Gasteiger partial charge in [-0.3, -0.25) is 0 Å². The Hall–Kier alpha value is -2.43. The summed E-state index contributed by atoms with van der Waals surface area (Å²) in [5, 5.41) is 27.8. The first kappa shape index (κ1) is 16.6. The lowest BCUT2D eigenvalue weighted by Crippen LogP contribution is -2.00. The minimum Gasteiger partial charge on any atom is -0.504 e. The topological polar surface area (TPSA) is 87.0 Å². The number of carbonyl (C=O) groups is 1. The van der Waals surface area contributed by atoms with Crippen molar-refractivity contribution < 1.29 is 24.9 Å². The predicted octanol–water partition coefficient (Wildman–Crippen LogP) is 3.61. The fourth-order valence-electron chi connectivity index (χ4n) is 1.62. The Morgan fingerprint density at radius 3 is 2.43 bits per heavy atom. The molecule has 0 heterocycles. The third kappa shape index (κ3) is 5.60. The Balaban J connectivity index is 2.47. The lowest BCUT2D eigenvalue weighted by atomic mass is 10.2. The number of hydrogen-bond acceptors (Lipinski definition) is 5. The molecule has 21 heavy (non-hydrogen) atoms. The van der Waals surface area contributed by atoms with Crippen LogP contribution in [0.2, 0.25) is 0 Å². The standard InChI is InChI=1S/C16H20O5/c1-2-3-4-5-6-7-8-9-21-16(20)12-10-13(17)15(19)14(18)11-12/h6-11,17-19H,2-5H2,1H3. The van der Waals surface area contributed by atoms with E-state index in [4.69, 9.17) is 4.74 Å². The second kappa shape index (κ2) is 8.68. The zero-order valence-electron chi connectivity index (χ0n) is 12.0. The number of phenols is 3. The van der Waals surface area contributed by atoms with Crippen LogP contribution in [0.3, 0.4) is 0 Å². The normalized spacial score (nSPS) is 11.3. The molecule has 5 heteroatoms. The van der Waals surface area contributed by atoms with Gasteiger partial charge in [0.05, 0.1) is 11.8 Å². The van der Waals surface area contributed by atoms with E-state index < -0.39 is 23.2 Å². The number of benzene rings is 1. The minimum absolute atomic E-state index is 0.0561. The van der Waals surface area contributed by atoms with Gasteiger partial charge in [0.25, 0.3) is 0 Å². The van der Waals surface area contributed by atoms with Gasteiger partial charge in [0, 0.05) is 0 Å². The molecule has 0 bridgehead atoms. The maximum atomic E-state index is 11.6. The molecule has 0 unspecified atom stereocenters. The maximum Gasteiger partial charge on any atom is 0.343 e. The van der Waals surface area contributed by atoms with Crippen molar-refractivity contribution in [3.63, 3.8) is 0 Å². The van der Waals surface area contributed by atoms with Gasteiger partial charge in [-0.25, -0.2) is 4.79 Å². The second-order valence-corrected chi connectivity index (χ2v) is 4.52. The van der Waals surface area contributed by atoms with Gasteiger partial charge in [0.15, 0.2) is 17.2 Å². The highest BCUT2D eigenvalue weighted by Crippen LogP contribution is 2.35. The SMILES string of the molecule is CCCCCC=CC=COC(=O)c1cc(O)c(O)c(O)c1. The summed E-state index contributed by atoms with van der Waals surface area (Å²) in [4.78, 5) is 11.6. The zero-order chi connectivity index (χ0) is 15.7. The van der Waals surface area contributed by atoms with Gasteiger partial charge >= 0.3 is 5.97 Å². The van der Waals surface area contributed by atoms with Crippen LogP contribution < -0.4 is 0 Å². The van der Waals surface area contributed by atoms with Crippen LogP contribution in [0.25, 0.3) is 0 Å². The molecule has 0 fully saturated rings. The van der Waals surface area contributed by atoms with Crippen LogP contribution in [-0.4, -0.2) is 21.3 Å². The minimum atomic E-state index is -0.740. The summed E-state index contributed by atoms with van der Waals surface area (Å²) in [6, 6.07) is 2.04. The molecule has 0 aliphatic carbocycles. The van der Waals surface area contributed by atoms with Crippen molar-refractivity contribution in [2.24, 2.45) is 0 Å². The summed E-state index contributed by atoms with van der Waals surface area (Å²) in [5.74, 6) is -2.57. The predicted molar refractivity (Wildman–Crippen MR) is 79.3 cm³/mol. The molecular weight excluding hydrogens is 272 g/mol. The summed E-state index contributed by atoms with van der Waals surface area (Å²) < 4.78 is 4.83. The molecule has 5 nitrogen and oxygen atoms in total. The van der Waals surface area contributed by atoms with Gasteiger partial charge < -0.3 is 20.1 Å². The Morgan fingerprint density at radius 2 is 1.81 bits per heavy atom. The van der Waals surface area contributed by atoms with Gasteiger partial charge in [-0.1, -0.05) is 31.9 Å². The van der Waals surface area contributed by atoms with Gasteiger partial charge in [-0.15, -0.1) is 0 Å². The van der Waals surface area contributed by atoms with Crippen LogP contribution in [-0.2, 0) is 4.74 Å². The summed E-state index contributed by atoms with van der Waals surface area (Å²) in [6.45, 7) is 2.14. The number of phenolic OH excluding ortho intramolecular Hbond substituents is 3. The monoisotopic (exact) mass is 292 g/mol. The van der Waals surface area contributed by atoms with Crippen LogP contribution in [0.5, 0.6) is 17.2 Å². The number of allylic oxidation sites excluding steroid dienone is 3. The Labute approximate surface area is 123 Å². The first-order valence-corrected chi connectivity index (χ1v) is 6.83. The summed E-state index contributed by atoms with van der Waals surface area (Å²) in [6.07, 6.45) is 11.1. The lowest BCUT2D eigenvalue weighted by Gasteiger charge is -2.04. The molecule has 0 amide bonds. The molecular formula is C16H20O5. The van der Waals surface area contributed by atoms with Crippen molar-refractivity contribution >= 4 is 5.97 Å². The highest BCUT2D eigenvalue weighted by molar-refractivity contribution is 5.91. The molecule has 0 aliphatic rings. The van der Waals surface area contributed by atoms with Gasteiger partial charge in [-0.2, -0.15) is 0 Å². The van der Waals surface area contributed by atoms with E-state index in [-0.39, 0.29) is 5.56 Å². The zero-order valence-corrected chi connectivity index (χ0v) is 12.0. The molecule has 0 saturated heterocycles. The molecule has 0 radical (unpaired) electrons. The first-order valence-electron chi connectivity index (χ1n) is 6.83. The van der Waals surface area contributed by atoms with Crippen molar-refractivity contribution in [1.82, 2.24) is 0 Å². The Kier molecular flexibility index (Phi) is 6.87. The third-order valence-electron chi connectivity index (χ3n) is 2.78. The molecule has 0 saturated carbocycles. The van der Waals surface area contributed by atoms with E-state index >= 15 is 0 Å². The molecule has 3 N–H and O–H groups in total. The number of carbonyl (C=O) groups excluding carboxylic acids is 1. The number of aromatic hydroxyl groups is 3. The van der Waals surface area contributed by atoms with E-state index in [1.165, 1.54) is 19.1 Å². The number of rotatable bonds is 7. The van der Waals surface area contributed by atoms with Crippen molar-refractivity contribution in [3.05, 3.63) is 42.2 Å². The van der Waals surface area contributed by atoms with Crippen molar-refractivity contribution in [2.45, 2.75) is 32.6 Å². The molecule has 0 aromatic heterocycles. The van der Waals surface area contributed by atoms with Crippen LogP contribution in [0.4, 0.5) is 0 Å². The van der Waals surface area contributed by atoms with E-state index in [0.717, 1.165) is 25.0 Å². The fourth-order valence-corrected chi connectivity index (χ4v) is 1.62. The van der Waals surface area contributed by atoms with Crippen molar-refractivity contribution in [3.8, 4) is 17.2 Å². The van der Waals surface area contributed by atoms with E-state index in [0.29, 0.717) is 0 Å². The van der Waals surface area contributed by atoms with E-state index in [9.17, 15) is 20.1 Å². The van der Waals surface area contributed by atoms with Crippen molar-refractivity contribution in [1.29, 1.82) is 0 Å². The molecule has 0 aliphatic heterocycles. The van der Waals surface area contributed by atoms with Crippen LogP contribution in [0, 0.1) is 0 Å². The molecule has 114 valence electrons. The van der Waals surface area contributed by atoms with Gasteiger partial charge in [0.2, 0.25) is 0 Å². The van der Waals surface area contributed by atoms with E-state index in [1.807, 2.05) is 6.08 Å². The highest BCUT2D eigenvalue weighted by atomic mass is 16.5. The number of esters is 1. The Bertz CT molecular complexity index is 508. The van der Waals surface area contributed by atoms with Gasteiger partial charge in [-0.05, 0) is 31.1 Å².